The molecule has 2 aliphatic rings. The van der Waals surface area contributed by atoms with E-state index in [9.17, 15) is 18.6 Å². The van der Waals surface area contributed by atoms with E-state index in [1.165, 1.54) is 8.61 Å². The molecule has 0 saturated carbocycles. The van der Waals surface area contributed by atoms with Crippen LogP contribution in [0.1, 0.15) is 32.1 Å². The lowest BCUT2D eigenvalue weighted by atomic mass is 10.1. The van der Waals surface area contributed by atoms with Gasteiger partial charge < -0.3 is 10.2 Å². The maximum absolute atomic E-state index is 12.4. The zero-order valence-corrected chi connectivity index (χ0v) is 11.3. The Balaban J connectivity index is 2.05. The minimum Gasteiger partial charge on any atom is -0.390 e. The normalized spacial score (nSPS) is 33.2. The SMILES string of the molecule is O=S(=O)(N1CCCCCC1)N1CC[C@@H](O)[C@H](O)C1. The highest BCUT2D eigenvalue weighted by Gasteiger charge is 2.36. The molecule has 2 saturated heterocycles. The molecule has 0 unspecified atom stereocenters. The highest BCUT2D eigenvalue weighted by Crippen LogP contribution is 2.20. The second kappa shape index (κ2) is 5.83. The third-order valence-corrected chi connectivity index (χ3v) is 5.73. The molecule has 2 atom stereocenters. The Labute approximate surface area is 108 Å². The van der Waals surface area contributed by atoms with Crippen molar-refractivity contribution in [1.82, 2.24) is 8.61 Å². The summed E-state index contributed by atoms with van der Waals surface area (Å²) in [6.07, 6.45) is 2.48. The van der Waals surface area contributed by atoms with E-state index in [0.717, 1.165) is 25.7 Å². The maximum atomic E-state index is 12.4. The molecule has 0 aromatic heterocycles. The van der Waals surface area contributed by atoms with E-state index < -0.39 is 22.4 Å². The van der Waals surface area contributed by atoms with Crippen LogP contribution in [0, 0.1) is 0 Å². The van der Waals surface area contributed by atoms with E-state index in [4.69, 9.17) is 0 Å². The highest BCUT2D eigenvalue weighted by molar-refractivity contribution is 7.86. The van der Waals surface area contributed by atoms with Crippen LogP contribution in [-0.2, 0) is 10.2 Å². The van der Waals surface area contributed by atoms with Gasteiger partial charge in [0.1, 0.15) is 0 Å². The number of piperidine rings is 1. The quantitative estimate of drug-likeness (QED) is 0.716. The molecule has 0 bridgehead atoms. The molecule has 106 valence electrons. The first-order valence-corrected chi connectivity index (χ1v) is 8.03. The molecule has 6 nitrogen and oxygen atoms in total. The zero-order valence-electron chi connectivity index (χ0n) is 10.5. The van der Waals surface area contributed by atoms with E-state index in [1.807, 2.05) is 0 Å². The van der Waals surface area contributed by atoms with Crippen molar-refractivity contribution in [2.45, 2.75) is 44.3 Å². The van der Waals surface area contributed by atoms with Gasteiger partial charge in [-0.1, -0.05) is 12.8 Å². The largest absolute Gasteiger partial charge is 0.390 e. The Morgan fingerprint density at radius 3 is 2.00 bits per heavy atom. The first-order chi connectivity index (χ1) is 8.51. The molecule has 0 amide bonds. The van der Waals surface area contributed by atoms with Crippen LogP contribution >= 0.6 is 0 Å². The monoisotopic (exact) mass is 278 g/mol. The van der Waals surface area contributed by atoms with Crippen LogP contribution in [0.5, 0.6) is 0 Å². The van der Waals surface area contributed by atoms with Gasteiger partial charge in [-0.25, -0.2) is 0 Å². The number of nitrogens with zero attached hydrogens (tertiary/aromatic N) is 2. The highest BCUT2D eigenvalue weighted by atomic mass is 32.2. The molecule has 2 heterocycles. The van der Waals surface area contributed by atoms with Crippen LogP contribution in [0.3, 0.4) is 0 Å². The molecule has 0 aromatic carbocycles. The number of β-amino-alcohol motifs (C(OH)–C–C–N with tert-alkyl or cyclic N) is 1. The minimum absolute atomic E-state index is 0.000000000000000222. The second-order valence-corrected chi connectivity index (χ2v) is 7.03. The molecular formula is C11H22N2O4S. The van der Waals surface area contributed by atoms with Gasteiger partial charge in [-0.15, -0.1) is 0 Å². The summed E-state index contributed by atoms with van der Waals surface area (Å²) in [4.78, 5) is 0. The van der Waals surface area contributed by atoms with Gasteiger partial charge in [-0.05, 0) is 19.3 Å². The number of aliphatic hydroxyl groups excluding tert-OH is 2. The van der Waals surface area contributed by atoms with Crippen molar-refractivity contribution in [3.8, 4) is 0 Å². The van der Waals surface area contributed by atoms with Gasteiger partial charge in [0.05, 0.1) is 12.2 Å². The average molecular weight is 278 g/mol. The lowest BCUT2D eigenvalue weighted by Crippen LogP contribution is -2.53. The predicted molar refractivity (Wildman–Crippen MR) is 67.2 cm³/mol. The fraction of sp³-hybridized carbons (Fsp3) is 1.00. The topological polar surface area (TPSA) is 81.1 Å². The summed E-state index contributed by atoms with van der Waals surface area (Å²) in [5, 5.41) is 19.0. The standard InChI is InChI=1S/C11H22N2O4S/c14-10-5-8-13(9-11(10)15)18(16,17)12-6-3-1-2-4-7-12/h10-11,14-15H,1-9H2/t10-,11-/m1/s1. The lowest BCUT2D eigenvalue weighted by molar-refractivity contribution is -0.0202. The van der Waals surface area contributed by atoms with Crippen LogP contribution in [0.25, 0.3) is 0 Å². The van der Waals surface area contributed by atoms with Crippen molar-refractivity contribution in [2.75, 3.05) is 26.2 Å². The van der Waals surface area contributed by atoms with Crippen LogP contribution in [0.2, 0.25) is 0 Å². The number of hydrogen-bond donors (Lipinski definition) is 2. The molecule has 2 N–H and O–H groups in total. The van der Waals surface area contributed by atoms with Crippen LogP contribution < -0.4 is 0 Å². The van der Waals surface area contributed by atoms with Gasteiger partial charge in [-0.2, -0.15) is 17.0 Å². The summed E-state index contributed by atoms with van der Waals surface area (Å²) in [5.41, 5.74) is 0. The summed E-state index contributed by atoms with van der Waals surface area (Å²) in [5.74, 6) is 0. The molecule has 0 spiro atoms. The molecular weight excluding hydrogens is 256 g/mol. The smallest absolute Gasteiger partial charge is 0.282 e. The first-order valence-electron chi connectivity index (χ1n) is 6.63. The number of aliphatic hydroxyl groups is 2. The fourth-order valence-electron chi connectivity index (χ4n) is 2.54. The number of hydrogen-bond acceptors (Lipinski definition) is 4. The minimum atomic E-state index is -3.47. The van der Waals surface area contributed by atoms with Crippen molar-refractivity contribution in [3.05, 3.63) is 0 Å². The average Bonchev–Trinajstić information content (AvgIpc) is 2.61. The van der Waals surface area contributed by atoms with Crippen LogP contribution in [-0.4, -0.2) is 65.6 Å². The van der Waals surface area contributed by atoms with Gasteiger partial charge in [-0.3, -0.25) is 0 Å². The summed E-state index contributed by atoms with van der Waals surface area (Å²) in [6, 6.07) is 0. The maximum Gasteiger partial charge on any atom is 0.282 e. The van der Waals surface area contributed by atoms with Crippen molar-refractivity contribution in [1.29, 1.82) is 0 Å². The van der Waals surface area contributed by atoms with Crippen molar-refractivity contribution >= 4 is 10.2 Å². The Morgan fingerprint density at radius 1 is 0.833 bits per heavy atom. The predicted octanol–water partition coefficient (Wildman–Crippen LogP) is -0.465. The Hall–Kier alpha value is -0.210. The van der Waals surface area contributed by atoms with Gasteiger partial charge in [0, 0.05) is 26.2 Å². The lowest BCUT2D eigenvalue weighted by Gasteiger charge is -2.35. The van der Waals surface area contributed by atoms with Gasteiger partial charge >= 0.3 is 0 Å². The summed E-state index contributed by atoms with van der Waals surface area (Å²) in [6.45, 7) is 1.42. The van der Waals surface area contributed by atoms with E-state index in [1.54, 1.807) is 0 Å². The Bertz CT molecular complexity index is 365. The first kappa shape index (κ1) is 14.2. The molecule has 2 aliphatic heterocycles. The molecule has 0 aliphatic carbocycles. The van der Waals surface area contributed by atoms with E-state index >= 15 is 0 Å². The molecule has 0 aromatic rings. The Kier molecular flexibility index (Phi) is 4.60. The Morgan fingerprint density at radius 2 is 1.44 bits per heavy atom. The van der Waals surface area contributed by atoms with Crippen LogP contribution in [0.4, 0.5) is 0 Å². The van der Waals surface area contributed by atoms with Gasteiger partial charge in [0.15, 0.2) is 0 Å². The molecule has 0 radical (unpaired) electrons. The molecule has 7 heteroatoms. The summed E-state index contributed by atoms with van der Waals surface area (Å²) in [7, 11) is -3.47. The van der Waals surface area contributed by atoms with E-state index in [0.29, 0.717) is 19.5 Å². The van der Waals surface area contributed by atoms with Crippen LogP contribution in [0.15, 0.2) is 0 Å². The van der Waals surface area contributed by atoms with Gasteiger partial charge in [0.2, 0.25) is 0 Å². The van der Waals surface area contributed by atoms with E-state index in [-0.39, 0.29) is 13.1 Å². The van der Waals surface area contributed by atoms with Crippen molar-refractivity contribution < 1.29 is 18.6 Å². The zero-order chi connectivity index (χ0) is 13.2. The third-order valence-electron chi connectivity index (χ3n) is 3.73. The van der Waals surface area contributed by atoms with E-state index in [2.05, 4.69) is 0 Å². The third kappa shape index (κ3) is 3.03. The number of rotatable bonds is 2. The van der Waals surface area contributed by atoms with Gasteiger partial charge in [0.25, 0.3) is 10.2 Å². The molecule has 18 heavy (non-hydrogen) atoms. The van der Waals surface area contributed by atoms with Crippen molar-refractivity contribution in [2.24, 2.45) is 0 Å². The fourth-order valence-corrected chi connectivity index (χ4v) is 4.26. The summed E-state index contributed by atoms with van der Waals surface area (Å²) < 4.78 is 27.6. The van der Waals surface area contributed by atoms with Crippen molar-refractivity contribution in [3.63, 3.8) is 0 Å². The molecule has 2 fully saturated rings. The second-order valence-electron chi connectivity index (χ2n) is 5.10. The summed E-state index contributed by atoms with van der Waals surface area (Å²) >= 11 is 0. The molecule has 2 rings (SSSR count).